The third kappa shape index (κ3) is 5.88. The van der Waals surface area contributed by atoms with Crippen molar-refractivity contribution in [3.63, 3.8) is 0 Å². The normalized spacial score (nSPS) is 30.3. The van der Waals surface area contributed by atoms with Gasteiger partial charge in [0.2, 0.25) is 5.67 Å². The second-order valence-electron chi connectivity index (χ2n) is 11.9. The van der Waals surface area contributed by atoms with Gasteiger partial charge in [0.25, 0.3) is 5.91 Å². The number of nitrogens with zero attached hydrogens (tertiary/aromatic N) is 2. The van der Waals surface area contributed by atoms with Crippen molar-refractivity contribution in [2.45, 2.75) is 68.4 Å². The number of hydrogen-bond acceptors (Lipinski definition) is 5. The van der Waals surface area contributed by atoms with Gasteiger partial charge in [0.1, 0.15) is 11.8 Å². The maximum Gasteiger partial charge on any atom is 0.395 e. The number of halogens is 4. The third-order valence-electron chi connectivity index (χ3n) is 9.23. The highest BCUT2D eigenvalue weighted by Gasteiger charge is 2.58. The molecule has 5 rings (SSSR count). The molecule has 0 bridgehead atoms. The topological polar surface area (TPSA) is 90.3 Å². The van der Waals surface area contributed by atoms with E-state index >= 15 is 4.39 Å². The number of aliphatic carboxylic acids is 1. The number of piperidine rings is 1. The van der Waals surface area contributed by atoms with Gasteiger partial charge < -0.3 is 24.7 Å². The Labute approximate surface area is 236 Å². The highest BCUT2D eigenvalue weighted by atomic mass is 19.4. The number of β-amino-alcohol motifs (C(OH)–C–C–N with tert-alkyl or cyclic N) is 1. The summed E-state index contributed by atoms with van der Waals surface area (Å²) in [6, 6.07) is 5.40. The van der Waals surface area contributed by atoms with Gasteiger partial charge >= 0.3 is 12.1 Å². The standard InChI is InChI=1S/C30H36F4N2O5/c31-29(27(40)36-17-22(37)16-25(36)26(38)39)13-2-1-4-24(29)21-5-7-23(8-6-21)41-18-20-9-14-35(15-10-20)19-28(11-3-12-28)30(32,33)34/h1-2,4-8,13,20,22,24-25,37H,3,9-12,14-19H2,(H,38,39)/t22-,24?,25+,29?/m1/s1. The molecule has 2 aliphatic carbocycles. The molecule has 7 nitrogen and oxygen atoms in total. The fourth-order valence-corrected chi connectivity index (χ4v) is 6.52. The monoisotopic (exact) mass is 580 g/mol. The molecule has 4 atom stereocenters. The van der Waals surface area contributed by atoms with E-state index in [0.717, 1.165) is 23.8 Å². The lowest BCUT2D eigenvalue weighted by Gasteiger charge is -2.47. The van der Waals surface area contributed by atoms with Crippen molar-refractivity contribution in [1.29, 1.82) is 0 Å². The molecule has 1 saturated carbocycles. The molecule has 11 heteroatoms. The number of aliphatic hydroxyl groups excluding tert-OH is 1. The first-order valence-electron chi connectivity index (χ1n) is 14.2. The predicted molar refractivity (Wildman–Crippen MR) is 142 cm³/mol. The minimum atomic E-state index is -4.16. The highest BCUT2D eigenvalue weighted by Crippen LogP contribution is 2.53. The molecule has 0 spiro atoms. The van der Waals surface area contributed by atoms with Crippen LogP contribution in [0, 0.1) is 11.3 Å². The largest absolute Gasteiger partial charge is 0.493 e. The van der Waals surface area contributed by atoms with Crippen LogP contribution in [0.15, 0.2) is 48.6 Å². The number of aliphatic hydroxyl groups is 1. The van der Waals surface area contributed by atoms with E-state index in [1.807, 2.05) is 4.90 Å². The Morgan fingerprint density at radius 1 is 1.07 bits per heavy atom. The molecule has 0 radical (unpaired) electrons. The van der Waals surface area contributed by atoms with Gasteiger partial charge in [-0.3, -0.25) is 4.79 Å². The van der Waals surface area contributed by atoms with Crippen molar-refractivity contribution in [1.82, 2.24) is 9.80 Å². The summed E-state index contributed by atoms with van der Waals surface area (Å²) in [5.41, 5.74) is -3.56. The number of benzene rings is 1. The summed E-state index contributed by atoms with van der Waals surface area (Å²) < 4.78 is 62.9. The van der Waals surface area contributed by atoms with Crippen LogP contribution in [0.25, 0.3) is 0 Å². The van der Waals surface area contributed by atoms with Gasteiger partial charge in [0, 0.05) is 25.4 Å². The second-order valence-corrected chi connectivity index (χ2v) is 11.9. The van der Waals surface area contributed by atoms with Gasteiger partial charge in [-0.1, -0.05) is 36.8 Å². The van der Waals surface area contributed by atoms with Crippen molar-refractivity contribution in [2.75, 3.05) is 32.8 Å². The minimum Gasteiger partial charge on any atom is -0.493 e. The number of amides is 1. The number of rotatable bonds is 8. The van der Waals surface area contributed by atoms with E-state index in [4.69, 9.17) is 4.74 Å². The van der Waals surface area contributed by atoms with E-state index in [-0.39, 0.29) is 38.3 Å². The van der Waals surface area contributed by atoms with Crippen LogP contribution >= 0.6 is 0 Å². The SMILES string of the molecule is O=C(O)[C@@H]1C[C@@H](O)CN1C(=O)C1(F)C=CC=CC1c1ccc(OCC2CCN(CC3(C(F)(F)F)CCC3)CC2)cc1. The molecule has 2 unspecified atom stereocenters. The van der Waals surface area contributed by atoms with Crippen molar-refractivity contribution in [3.8, 4) is 5.75 Å². The molecule has 224 valence electrons. The van der Waals surface area contributed by atoms with E-state index in [0.29, 0.717) is 37.4 Å². The summed E-state index contributed by atoms with van der Waals surface area (Å²) >= 11 is 0. The van der Waals surface area contributed by atoms with E-state index in [1.54, 1.807) is 36.4 Å². The summed E-state index contributed by atoms with van der Waals surface area (Å²) in [6.07, 6.45) is 2.93. The summed E-state index contributed by atoms with van der Waals surface area (Å²) in [7, 11) is 0. The number of carboxylic acids is 1. The fraction of sp³-hybridized carbons (Fsp3) is 0.600. The molecule has 2 saturated heterocycles. The van der Waals surface area contributed by atoms with E-state index in [9.17, 15) is 33.0 Å². The molecule has 2 N–H and O–H groups in total. The van der Waals surface area contributed by atoms with E-state index < -0.39 is 47.2 Å². The molecule has 4 aliphatic rings. The zero-order chi connectivity index (χ0) is 29.4. The predicted octanol–water partition coefficient (Wildman–Crippen LogP) is 4.47. The second kappa shape index (κ2) is 11.4. The first kappa shape index (κ1) is 29.6. The van der Waals surface area contributed by atoms with Gasteiger partial charge in [-0.2, -0.15) is 13.2 Å². The smallest absolute Gasteiger partial charge is 0.395 e. The number of hydrogen-bond donors (Lipinski definition) is 2. The van der Waals surface area contributed by atoms with Gasteiger partial charge in [-0.25, -0.2) is 9.18 Å². The van der Waals surface area contributed by atoms with Crippen LogP contribution in [0.1, 0.15) is 50.0 Å². The van der Waals surface area contributed by atoms with Crippen LogP contribution < -0.4 is 4.74 Å². The number of allylic oxidation sites excluding steroid dienone is 3. The average Bonchev–Trinajstić information content (AvgIpc) is 3.31. The van der Waals surface area contributed by atoms with Gasteiger partial charge in [-0.05, 0) is 68.5 Å². The fourth-order valence-electron chi connectivity index (χ4n) is 6.52. The molecular formula is C30H36F4N2O5. The molecule has 0 aromatic heterocycles. The lowest BCUT2D eigenvalue weighted by molar-refractivity contribution is -0.256. The molecule has 1 aromatic rings. The van der Waals surface area contributed by atoms with E-state index in [2.05, 4.69) is 0 Å². The summed E-state index contributed by atoms with van der Waals surface area (Å²) in [5, 5.41) is 19.4. The number of carbonyl (C=O) groups excluding carboxylic acids is 1. The first-order valence-corrected chi connectivity index (χ1v) is 14.2. The Kier molecular flexibility index (Phi) is 8.22. The van der Waals surface area contributed by atoms with Crippen molar-refractivity contribution in [3.05, 3.63) is 54.1 Å². The Morgan fingerprint density at radius 2 is 1.76 bits per heavy atom. The minimum absolute atomic E-state index is 0.0736. The number of carbonyl (C=O) groups is 2. The molecule has 3 fully saturated rings. The van der Waals surface area contributed by atoms with Crippen molar-refractivity contribution in [2.24, 2.45) is 11.3 Å². The van der Waals surface area contributed by atoms with Gasteiger partial charge in [0.15, 0.2) is 0 Å². The van der Waals surface area contributed by atoms with Crippen molar-refractivity contribution < 1.29 is 42.1 Å². The van der Waals surface area contributed by atoms with Crippen LogP contribution in [-0.4, -0.2) is 88.7 Å². The first-order chi connectivity index (χ1) is 19.4. The number of ether oxygens (including phenoxy) is 1. The van der Waals surface area contributed by atoms with Crippen LogP contribution in [-0.2, 0) is 9.59 Å². The lowest BCUT2D eigenvalue weighted by atomic mass is 9.67. The number of carboxylic acid groups (broad SMARTS) is 1. The maximum absolute atomic E-state index is 16.3. The zero-order valence-electron chi connectivity index (χ0n) is 22.7. The Hall–Kier alpha value is -2.92. The van der Waals surface area contributed by atoms with Crippen molar-refractivity contribution >= 4 is 11.9 Å². The average molecular weight is 581 g/mol. The van der Waals surface area contributed by atoms with Crippen LogP contribution in [0.3, 0.4) is 0 Å². The number of alkyl halides is 4. The summed E-state index contributed by atoms with van der Waals surface area (Å²) in [4.78, 5) is 27.7. The summed E-state index contributed by atoms with van der Waals surface area (Å²) in [5.74, 6) is -2.52. The lowest BCUT2D eigenvalue weighted by Crippen LogP contribution is -2.53. The van der Waals surface area contributed by atoms with Crippen LogP contribution in [0.5, 0.6) is 5.75 Å². The molecule has 41 heavy (non-hydrogen) atoms. The molecule has 2 heterocycles. The van der Waals surface area contributed by atoms with Crippen LogP contribution in [0.2, 0.25) is 0 Å². The molecule has 2 aliphatic heterocycles. The van der Waals surface area contributed by atoms with Gasteiger partial charge in [0.05, 0.1) is 18.1 Å². The summed E-state index contributed by atoms with van der Waals surface area (Å²) in [6.45, 7) is 1.46. The van der Waals surface area contributed by atoms with Gasteiger partial charge in [-0.15, -0.1) is 0 Å². The Morgan fingerprint density at radius 3 is 2.34 bits per heavy atom. The van der Waals surface area contributed by atoms with Crippen LogP contribution in [0.4, 0.5) is 17.6 Å². The highest BCUT2D eigenvalue weighted by molar-refractivity contribution is 5.93. The Bertz CT molecular complexity index is 1170. The quantitative estimate of drug-likeness (QED) is 0.441. The molecule has 1 aromatic carbocycles. The maximum atomic E-state index is 16.3. The molecular weight excluding hydrogens is 544 g/mol. The molecule has 1 amide bonds. The Balaban J connectivity index is 1.16. The zero-order valence-corrected chi connectivity index (χ0v) is 22.7. The van der Waals surface area contributed by atoms with E-state index in [1.165, 1.54) is 6.08 Å². The number of likely N-dealkylation sites (tertiary alicyclic amines) is 2. The third-order valence-corrected chi connectivity index (χ3v) is 9.23.